The summed E-state index contributed by atoms with van der Waals surface area (Å²) in [6.07, 6.45) is 2.18. The largest absolute Gasteiger partial charge is 0.381 e. The van der Waals surface area contributed by atoms with Gasteiger partial charge in [0, 0.05) is 24.2 Å². The fraction of sp³-hybridized carbons (Fsp3) is 0.400. The van der Waals surface area contributed by atoms with Crippen molar-refractivity contribution in [2.45, 2.75) is 41.5 Å². The molecule has 2 aromatic rings. The summed E-state index contributed by atoms with van der Waals surface area (Å²) in [5, 5.41) is 3.62. The third-order valence-corrected chi connectivity index (χ3v) is 7.34. The van der Waals surface area contributed by atoms with Crippen LogP contribution in [0.2, 0.25) is 0 Å². The molecule has 4 rings (SSSR count). The fourth-order valence-electron chi connectivity index (χ4n) is 4.10. The van der Waals surface area contributed by atoms with Gasteiger partial charge in [0.25, 0.3) is 0 Å². The van der Waals surface area contributed by atoms with Crippen molar-refractivity contribution in [3.63, 3.8) is 0 Å². The van der Waals surface area contributed by atoms with Crippen LogP contribution in [0.3, 0.4) is 0 Å². The van der Waals surface area contributed by atoms with Crippen molar-refractivity contribution >= 4 is 15.5 Å². The molecular weight excluding hydrogens is 332 g/mol. The summed E-state index contributed by atoms with van der Waals surface area (Å²) in [5.74, 6) is 0.400. The van der Waals surface area contributed by atoms with Crippen LogP contribution in [0.4, 0.5) is 5.69 Å². The Morgan fingerprint density at radius 2 is 1.80 bits per heavy atom. The van der Waals surface area contributed by atoms with Gasteiger partial charge in [-0.2, -0.15) is 0 Å². The van der Waals surface area contributed by atoms with E-state index < -0.39 is 9.84 Å². The second-order valence-corrected chi connectivity index (χ2v) is 8.88. The number of sulfone groups is 1. The molecule has 0 spiro atoms. The van der Waals surface area contributed by atoms with Crippen LogP contribution in [0.25, 0.3) is 0 Å². The third-order valence-electron chi connectivity index (χ3n) is 5.57. The average molecular weight is 356 g/mol. The average Bonchev–Trinajstić information content (AvgIpc) is 2.86. The van der Waals surface area contributed by atoms with Crippen LogP contribution in [-0.4, -0.2) is 39.0 Å². The van der Waals surface area contributed by atoms with Crippen molar-refractivity contribution in [2.75, 3.05) is 25.0 Å². The van der Waals surface area contributed by atoms with Crippen LogP contribution in [0.5, 0.6) is 0 Å². The molecule has 0 aromatic heterocycles. The van der Waals surface area contributed by atoms with Gasteiger partial charge in [-0.1, -0.05) is 25.1 Å². The lowest BCUT2D eigenvalue weighted by Gasteiger charge is -2.17. The van der Waals surface area contributed by atoms with Crippen molar-refractivity contribution in [3.05, 3.63) is 54.1 Å². The van der Waals surface area contributed by atoms with E-state index in [4.69, 9.17) is 0 Å². The second-order valence-electron chi connectivity index (χ2n) is 6.93. The molecular formula is C20H24N2O2S. The Morgan fingerprint density at radius 3 is 2.56 bits per heavy atom. The maximum Gasteiger partial charge on any atom is 0.206 e. The Balaban J connectivity index is 1.69. The monoisotopic (exact) mass is 356 g/mol. The predicted molar refractivity (Wildman–Crippen MR) is 99.8 cm³/mol. The van der Waals surface area contributed by atoms with E-state index in [1.165, 1.54) is 5.56 Å². The molecule has 0 bridgehead atoms. The molecule has 132 valence electrons. The van der Waals surface area contributed by atoms with E-state index in [0.717, 1.165) is 38.2 Å². The first kappa shape index (κ1) is 16.6. The summed E-state index contributed by atoms with van der Waals surface area (Å²) < 4.78 is 25.9. The van der Waals surface area contributed by atoms with Crippen LogP contribution < -0.4 is 5.32 Å². The van der Waals surface area contributed by atoms with Gasteiger partial charge in [0.2, 0.25) is 9.84 Å². The minimum absolute atomic E-state index is 0.357. The molecule has 5 heteroatoms. The Kier molecular flexibility index (Phi) is 4.29. The highest BCUT2D eigenvalue weighted by molar-refractivity contribution is 7.91. The molecule has 4 nitrogen and oxygen atoms in total. The molecule has 2 aromatic carbocycles. The normalized spacial score (nSPS) is 23.4. The van der Waals surface area contributed by atoms with Crippen LogP contribution in [0.15, 0.2) is 58.3 Å². The summed E-state index contributed by atoms with van der Waals surface area (Å²) in [4.78, 5) is 3.23. The smallest absolute Gasteiger partial charge is 0.206 e. The van der Waals surface area contributed by atoms with Crippen LogP contribution in [-0.2, 0) is 9.84 Å². The van der Waals surface area contributed by atoms with E-state index in [-0.39, 0.29) is 0 Å². The lowest BCUT2D eigenvalue weighted by molar-refractivity contribution is 0.298. The summed E-state index contributed by atoms with van der Waals surface area (Å²) in [6, 6.07) is 14.7. The number of nitrogens with one attached hydrogen (secondary N) is 1. The molecule has 1 saturated heterocycles. The molecule has 0 radical (unpaired) electrons. The highest BCUT2D eigenvalue weighted by Crippen LogP contribution is 2.42. The Morgan fingerprint density at radius 1 is 1.04 bits per heavy atom. The Bertz CT molecular complexity index is 865. The number of likely N-dealkylation sites (tertiary alicyclic amines) is 1. The molecule has 2 aliphatic rings. The molecule has 25 heavy (non-hydrogen) atoms. The number of fused-ring (bicyclic) bond motifs is 3. The predicted octanol–water partition coefficient (Wildman–Crippen LogP) is 3.51. The number of benzene rings is 2. The third kappa shape index (κ3) is 2.96. The highest BCUT2D eigenvalue weighted by atomic mass is 32.2. The summed E-state index contributed by atoms with van der Waals surface area (Å²) in [5.41, 5.74) is 2.27. The Labute approximate surface area is 149 Å². The number of hydrogen-bond acceptors (Lipinski definition) is 4. The van der Waals surface area contributed by atoms with Gasteiger partial charge in [0.1, 0.15) is 0 Å². The quantitative estimate of drug-likeness (QED) is 0.914. The first-order chi connectivity index (χ1) is 12.1. The lowest BCUT2D eigenvalue weighted by Crippen LogP contribution is -2.25. The zero-order chi connectivity index (χ0) is 17.4. The Hall–Kier alpha value is -1.85. The van der Waals surface area contributed by atoms with Gasteiger partial charge in [0.05, 0.1) is 9.79 Å². The van der Waals surface area contributed by atoms with Crippen LogP contribution in [0.1, 0.15) is 31.2 Å². The number of anilines is 1. The zero-order valence-electron chi connectivity index (χ0n) is 14.5. The van der Waals surface area contributed by atoms with Crippen LogP contribution in [0, 0.1) is 0 Å². The van der Waals surface area contributed by atoms with Gasteiger partial charge >= 0.3 is 0 Å². The van der Waals surface area contributed by atoms with E-state index in [0.29, 0.717) is 21.8 Å². The molecule has 2 heterocycles. The van der Waals surface area contributed by atoms with Crippen molar-refractivity contribution in [3.8, 4) is 0 Å². The van der Waals surface area contributed by atoms with Gasteiger partial charge in [-0.05, 0) is 61.8 Å². The number of nitrogens with zero attached hydrogens (tertiary/aromatic N) is 1. The molecule has 0 saturated carbocycles. The molecule has 0 amide bonds. The number of hydrogen-bond donors (Lipinski definition) is 1. The maximum atomic E-state index is 12.9. The standard InChI is InChI=1S/C20H24N2O2S/c1-2-22-12-10-17-18-14-16(8-9-19(18)21-20(17)11-13-22)25(23,24)15-6-4-3-5-7-15/h3-9,14,17,20-21H,2,10-13H2,1H3/t17-,20+/m0/s1. The van der Waals surface area contributed by atoms with Crippen LogP contribution >= 0.6 is 0 Å². The minimum atomic E-state index is -3.46. The topological polar surface area (TPSA) is 49.4 Å². The molecule has 0 aliphatic carbocycles. The number of rotatable bonds is 3. The molecule has 0 unspecified atom stereocenters. The summed E-state index contributed by atoms with van der Waals surface area (Å²) in [7, 11) is -3.46. The maximum absolute atomic E-state index is 12.9. The van der Waals surface area contributed by atoms with Crippen molar-refractivity contribution in [2.24, 2.45) is 0 Å². The summed E-state index contributed by atoms with van der Waals surface area (Å²) in [6.45, 7) is 5.46. The van der Waals surface area contributed by atoms with E-state index in [2.05, 4.69) is 17.1 Å². The minimum Gasteiger partial charge on any atom is -0.381 e. The van der Waals surface area contributed by atoms with Gasteiger partial charge in [-0.3, -0.25) is 0 Å². The van der Waals surface area contributed by atoms with Crippen molar-refractivity contribution in [1.29, 1.82) is 0 Å². The SMILES string of the molecule is CCN1CC[C@H]2Nc3ccc(S(=O)(=O)c4ccccc4)cc3[C@@H]2CC1. The summed E-state index contributed by atoms with van der Waals surface area (Å²) >= 11 is 0. The van der Waals surface area contributed by atoms with E-state index >= 15 is 0 Å². The fourth-order valence-corrected chi connectivity index (χ4v) is 5.42. The van der Waals surface area contributed by atoms with Crippen molar-refractivity contribution < 1.29 is 8.42 Å². The lowest BCUT2D eigenvalue weighted by atomic mass is 9.91. The second kappa shape index (κ2) is 6.46. The first-order valence-electron chi connectivity index (χ1n) is 9.02. The zero-order valence-corrected chi connectivity index (χ0v) is 15.3. The highest BCUT2D eigenvalue weighted by Gasteiger charge is 2.35. The van der Waals surface area contributed by atoms with E-state index in [1.807, 2.05) is 18.2 Å². The first-order valence-corrected chi connectivity index (χ1v) is 10.5. The van der Waals surface area contributed by atoms with Gasteiger partial charge in [0.15, 0.2) is 0 Å². The molecule has 2 aliphatic heterocycles. The van der Waals surface area contributed by atoms with E-state index in [9.17, 15) is 8.42 Å². The van der Waals surface area contributed by atoms with E-state index in [1.54, 1.807) is 30.3 Å². The van der Waals surface area contributed by atoms with Gasteiger partial charge in [-0.15, -0.1) is 0 Å². The van der Waals surface area contributed by atoms with Gasteiger partial charge in [-0.25, -0.2) is 8.42 Å². The van der Waals surface area contributed by atoms with Gasteiger partial charge < -0.3 is 10.2 Å². The van der Waals surface area contributed by atoms with Crippen molar-refractivity contribution in [1.82, 2.24) is 4.90 Å². The molecule has 2 atom stereocenters. The molecule has 1 fully saturated rings. The molecule has 1 N–H and O–H groups in total.